The van der Waals surface area contributed by atoms with Gasteiger partial charge in [-0.2, -0.15) is 0 Å². The molecule has 1 nitrogen and oxygen atoms in total. The number of aryl methyl sites for hydroxylation is 1. The fraction of sp³-hybridized carbons (Fsp3) is 0.417. The van der Waals surface area contributed by atoms with Gasteiger partial charge in [0.1, 0.15) is 11.6 Å². The Morgan fingerprint density at radius 2 is 2.13 bits per heavy atom. The minimum absolute atomic E-state index is 0.0310. The van der Waals surface area contributed by atoms with E-state index in [2.05, 4.69) is 15.9 Å². The average molecular weight is 273 g/mol. The maximum absolute atomic E-state index is 13.4. The Kier molecular flexibility index (Phi) is 4.45. The van der Waals surface area contributed by atoms with Crippen molar-refractivity contribution in [2.45, 2.75) is 26.7 Å². The van der Waals surface area contributed by atoms with Crippen molar-refractivity contribution in [3.05, 3.63) is 34.1 Å². The van der Waals surface area contributed by atoms with Crippen molar-refractivity contribution in [1.29, 1.82) is 0 Å². The van der Waals surface area contributed by atoms with E-state index in [1.807, 2.05) is 13.8 Å². The standard InChI is InChI=1S/C12H14BrFO/c1-8(2)12(15)6-4-9-3-5-10(13)7-11(9)14/h3,5,7-8H,4,6H2,1-2H3. The molecule has 15 heavy (non-hydrogen) atoms. The van der Waals surface area contributed by atoms with Crippen LogP contribution in [0.3, 0.4) is 0 Å². The molecule has 0 N–H and O–H groups in total. The SMILES string of the molecule is CC(C)C(=O)CCc1ccc(Br)cc1F. The smallest absolute Gasteiger partial charge is 0.135 e. The van der Waals surface area contributed by atoms with E-state index < -0.39 is 0 Å². The molecule has 0 saturated carbocycles. The van der Waals surface area contributed by atoms with Crippen LogP contribution in [0.25, 0.3) is 0 Å². The summed E-state index contributed by atoms with van der Waals surface area (Å²) in [7, 11) is 0. The number of Topliss-reactive ketones (excluding diaryl/α,β-unsaturated/α-hetero) is 1. The van der Waals surface area contributed by atoms with E-state index in [-0.39, 0.29) is 17.5 Å². The van der Waals surface area contributed by atoms with E-state index in [0.29, 0.717) is 18.4 Å². The fourth-order valence-electron chi connectivity index (χ4n) is 1.27. The van der Waals surface area contributed by atoms with Gasteiger partial charge in [-0.25, -0.2) is 4.39 Å². The predicted octanol–water partition coefficient (Wildman–Crippen LogP) is 3.75. The molecule has 0 fully saturated rings. The summed E-state index contributed by atoms with van der Waals surface area (Å²) in [5, 5.41) is 0. The van der Waals surface area contributed by atoms with Crippen LogP contribution in [-0.4, -0.2) is 5.78 Å². The third kappa shape index (κ3) is 3.74. The highest BCUT2D eigenvalue weighted by Crippen LogP contribution is 2.17. The van der Waals surface area contributed by atoms with E-state index in [9.17, 15) is 9.18 Å². The third-order valence-electron chi connectivity index (χ3n) is 2.30. The van der Waals surface area contributed by atoms with Crippen LogP contribution in [0.2, 0.25) is 0 Å². The molecule has 0 saturated heterocycles. The summed E-state index contributed by atoms with van der Waals surface area (Å²) in [5.41, 5.74) is 0.604. The zero-order valence-corrected chi connectivity index (χ0v) is 10.5. The van der Waals surface area contributed by atoms with Crippen LogP contribution in [0.5, 0.6) is 0 Å². The first-order chi connectivity index (χ1) is 7.00. The highest BCUT2D eigenvalue weighted by molar-refractivity contribution is 9.10. The van der Waals surface area contributed by atoms with Crippen molar-refractivity contribution in [1.82, 2.24) is 0 Å². The second-order valence-electron chi connectivity index (χ2n) is 3.86. The lowest BCUT2D eigenvalue weighted by molar-refractivity contribution is -0.121. The minimum Gasteiger partial charge on any atom is -0.299 e. The number of carbonyl (C=O) groups excluding carboxylic acids is 1. The van der Waals surface area contributed by atoms with E-state index in [1.165, 1.54) is 6.07 Å². The second kappa shape index (κ2) is 5.40. The Labute approximate surface area is 97.8 Å². The summed E-state index contributed by atoms with van der Waals surface area (Å²) in [5.74, 6) is -0.0400. The number of halogens is 2. The molecule has 0 unspecified atom stereocenters. The highest BCUT2D eigenvalue weighted by Gasteiger charge is 2.09. The fourth-order valence-corrected chi connectivity index (χ4v) is 1.60. The van der Waals surface area contributed by atoms with Gasteiger partial charge in [0, 0.05) is 16.8 Å². The molecular weight excluding hydrogens is 259 g/mol. The van der Waals surface area contributed by atoms with Gasteiger partial charge in [0.2, 0.25) is 0 Å². The molecule has 0 aliphatic carbocycles. The quantitative estimate of drug-likeness (QED) is 0.816. The van der Waals surface area contributed by atoms with Gasteiger partial charge in [0.25, 0.3) is 0 Å². The molecule has 0 radical (unpaired) electrons. The zero-order chi connectivity index (χ0) is 11.4. The van der Waals surface area contributed by atoms with Crippen LogP contribution in [0, 0.1) is 11.7 Å². The monoisotopic (exact) mass is 272 g/mol. The number of carbonyl (C=O) groups is 1. The largest absolute Gasteiger partial charge is 0.299 e. The molecule has 3 heteroatoms. The number of hydrogen-bond donors (Lipinski definition) is 0. The topological polar surface area (TPSA) is 17.1 Å². The zero-order valence-electron chi connectivity index (χ0n) is 8.89. The van der Waals surface area contributed by atoms with Gasteiger partial charge >= 0.3 is 0 Å². The molecule has 82 valence electrons. The van der Waals surface area contributed by atoms with Crippen molar-refractivity contribution in [3.63, 3.8) is 0 Å². The molecule has 0 atom stereocenters. The van der Waals surface area contributed by atoms with Crippen molar-refractivity contribution in [2.24, 2.45) is 5.92 Å². The highest BCUT2D eigenvalue weighted by atomic mass is 79.9. The first kappa shape index (κ1) is 12.4. The van der Waals surface area contributed by atoms with Crippen LogP contribution < -0.4 is 0 Å². The maximum Gasteiger partial charge on any atom is 0.135 e. The van der Waals surface area contributed by atoms with Crippen LogP contribution in [-0.2, 0) is 11.2 Å². The lowest BCUT2D eigenvalue weighted by Crippen LogP contribution is -2.08. The number of ketones is 1. The normalized spacial score (nSPS) is 10.7. The van der Waals surface area contributed by atoms with E-state index in [1.54, 1.807) is 12.1 Å². The second-order valence-corrected chi connectivity index (χ2v) is 4.77. The molecule has 0 amide bonds. The molecule has 1 aromatic carbocycles. The molecular formula is C12H14BrFO. The first-order valence-corrected chi connectivity index (χ1v) is 5.76. The van der Waals surface area contributed by atoms with Crippen LogP contribution in [0.1, 0.15) is 25.8 Å². The summed E-state index contributed by atoms with van der Waals surface area (Å²) in [6.07, 6.45) is 0.895. The van der Waals surface area contributed by atoms with Crippen molar-refractivity contribution < 1.29 is 9.18 Å². The maximum atomic E-state index is 13.4. The first-order valence-electron chi connectivity index (χ1n) is 4.97. The third-order valence-corrected chi connectivity index (χ3v) is 2.79. The Morgan fingerprint density at radius 1 is 1.47 bits per heavy atom. The predicted molar refractivity (Wildman–Crippen MR) is 62.3 cm³/mol. The lowest BCUT2D eigenvalue weighted by atomic mass is 10.0. The summed E-state index contributed by atoms with van der Waals surface area (Å²) in [4.78, 5) is 11.4. The summed E-state index contributed by atoms with van der Waals surface area (Å²) in [6, 6.07) is 4.93. The lowest BCUT2D eigenvalue weighted by Gasteiger charge is -2.05. The molecule has 1 aromatic rings. The van der Waals surface area contributed by atoms with Crippen molar-refractivity contribution in [2.75, 3.05) is 0 Å². The molecule has 0 spiro atoms. The van der Waals surface area contributed by atoms with Gasteiger partial charge in [0.05, 0.1) is 0 Å². The van der Waals surface area contributed by atoms with E-state index >= 15 is 0 Å². The van der Waals surface area contributed by atoms with Crippen LogP contribution in [0.15, 0.2) is 22.7 Å². The Morgan fingerprint density at radius 3 is 2.67 bits per heavy atom. The molecule has 0 aliphatic heterocycles. The van der Waals surface area contributed by atoms with Gasteiger partial charge in [-0.05, 0) is 24.1 Å². The molecule has 1 rings (SSSR count). The van der Waals surface area contributed by atoms with Gasteiger partial charge in [-0.1, -0.05) is 35.8 Å². The Balaban J connectivity index is 2.62. The molecule has 0 aromatic heterocycles. The van der Waals surface area contributed by atoms with Gasteiger partial charge in [0.15, 0.2) is 0 Å². The van der Waals surface area contributed by atoms with Gasteiger partial charge in [-0.15, -0.1) is 0 Å². The molecule has 0 heterocycles. The summed E-state index contributed by atoms with van der Waals surface area (Å²) < 4.78 is 14.1. The molecule has 0 aliphatic rings. The number of rotatable bonds is 4. The van der Waals surface area contributed by atoms with Crippen molar-refractivity contribution in [3.8, 4) is 0 Å². The van der Waals surface area contributed by atoms with Crippen molar-refractivity contribution >= 4 is 21.7 Å². The van der Waals surface area contributed by atoms with Gasteiger partial charge < -0.3 is 0 Å². The Bertz CT molecular complexity index is 361. The molecule has 0 bridgehead atoms. The number of benzene rings is 1. The van der Waals surface area contributed by atoms with E-state index in [0.717, 1.165) is 4.47 Å². The van der Waals surface area contributed by atoms with Crippen LogP contribution in [0.4, 0.5) is 4.39 Å². The van der Waals surface area contributed by atoms with Gasteiger partial charge in [-0.3, -0.25) is 4.79 Å². The average Bonchev–Trinajstić information content (AvgIpc) is 2.15. The summed E-state index contributed by atoms with van der Waals surface area (Å²) in [6.45, 7) is 3.72. The van der Waals surface area contributed by atoms with E-state index in [4.69, 9.17) is 0 Å². The summed E-state index contributed by atoms with van der Waals surface area (Å²) >= 11 is 3.19. The Hall–Kier alpha value is -0.700. The number of hydrogen-bond acceptors (Lipinski definition) is 1. The van der Waals surface area contributed by atoms with Crippen LogP contribution >= 0.6 is 15.9 Å². The minimum atomic E-state index is -0.249.